The fourth-order valence-corrected chi connectivity index (χ4v) is 1.87. The summed E-state index contributed by atoms with van der Waals surface area (Å²) in [6.07, 6.45) is 4.02. The van der Waals surface area contributed by atoms with Crippen LogP contribution in [0.1, 0.15) is 31.7 Å². The molecule has 3 N–H and O–H groups in total. The summed E-state index contributed by atoms with van der Waals surface area (Å²) in [7, 11) is 0. The van der Waals surface area contributed by atoms with Crippen molar-refractivity contribution in [3.05, 3.63) is 23.8 Å². The molecular weight excluding hydrogens is 184 g/mol. The first kappa shape index (κ1) is 10.3. The molecule has 0 heterocycles. The fraction of sp³-hybridized carbons (Fsp3) is 0.538. The van der Waals surface area contributed by atoms with Gasteiger partial charge in [-0.1, -0.05) is 13.0 Å². The van der Waals surface area contributed by atoms with E-state index in [2.05, 4.69) is 24.4 Å². The van der Waals surface area contributed by atoms with Gasteiger partial charge in [-0.2, -0.15) is 0 Å². The summed E-state index contributed by atoms with van der Waals surface area (Å²) in [5.41, 5.74) is 9.63. The van der Waals surface area contributed by atoms with Gasteiger partial charge in [-0.05, 0) is 49.3 Å². The fourth-order valence-electron chi connectivity index (χ4n) is 1.87. The minimum Gasteiger partial charge on any atom is -0.398 e. The van der Waals surface area contributed by atoms with Crippen LogP contribution in [-0.4, -0.2) is 6.54 Å². The Morgan fingerprint density at radius 2 is 2.13 bits per heavy atom. The highest BCUT2D eigenvalue weighted by molar-refractivity contribution is 5.58. The quantitative estimate of drug-likeness (QED) is 0.739. The first-order valence-electron chi connectivity index (χ1n) is 5.75. The van der Waals surface area contributed by atoms with Crippen LogP contribution >= 0.6 is 0 Å². The lowest BCUT2D eigenvalue weighted by Crippen LogP contribution is -2.14. The Labute approximate surface area is 91.9 Å². The van der Waals surface area contributed by atoms with Crippen LogP contribution in [0.4, 0.5) is 11.4 Å². The average molecular weight is 204 g/mol. The predicted molar refractivity (Wildman–Crippen MR) is 66.0 cm³/mol. The average Bonchev–Trinajstić information content (AvgIpc) is 3.01. The number of nitrogens with two attached hydrogens (primary N) is 1. The highest BCUT2D eigenvalue weighted by Crippen LogP contribution is 2.48. The summed E-state index contributed by atoms with van der Waals surface area (Å²) in [6, 6.07) is 6.21. The second-order valence-corrected chi connectivity index (χ2v) is 4.78. The van der Waals surface area contributed by atoms with E-state index in [1.54, 1.807) is 0 Å². The molecule has 0 amide bonds. The van der Waals surface area contributed by atoms with Gasteiger partial charge < -0.3 is 11.1 Å². The summed E-state index contributed by atoms with van der Waals surface area (Å²) >= 11 is 0. The summed E-state index contributed by atoms with van der Waals surface area (Å²) in [5, 5.41) is 3.49. The normalized spacial score (nSPS) is 17.5. The molecule has 2 heteroatoms. The first-order chi connectivity index (χ1) is 7.15. The summed E-state index contributed by atoms with van der Waals surface area (Å²) < 4.78 is 0. The molecule has 1 aromatic carbocycles. The number of anilines is 2. The maximum atomic E-state index is 5.87. The maximum Gasteiger partial charge on any atom is 0.0364 e. The van der Waals surface area contributed by atoms with Crippen molar-refractivity contribution in [3.8, 4) is 0 Å². The van der Waals surface area contributed by atoms with Gasteiger partial charge in [0.05, 0.1) is 0 Å². The molecule has 0 bridgehead atoms. The standard InChI is InChI=1S/C13H20N2/c1-3-13(6-7-13)9-15-11-5-4-10(2)12(14)8-11/h4-5,8,15H,3,6-7,9,14H2,1-2H3. The lowest BCUT2D eigenvalue weighted by atomic mass is 10.0. The molecule has 15 heavy (non-hydrogen) atoms. The third kappa shape index (κ3) is 2.25. The first-order valence-corrected chi connectivity index (χ1v) is 5.75. The number of rotatable bonds is 4. The third-order valence-electron chi connectivity index (χ3n) is 3.65. The molecule has 1 saturated carbocycles. The van der Waals surface area contributed by atoms with E-state index in [1.807, 2.05) is 13.0 Å². The van der Waals surface area contributed by atoms with Gasteiger partial charge in [-0.3, -0.25) is 0 Å². The zero-order chi connectivity index (χ0) is 10.9. The summed E-state index contributed by atoms with van der Waals surface area (Å²) in [5.74, 6) is 0. The van der Waals surface area contributed by atoms with E-state index in [0.29, 0.717) is 5.41 Å². The van der Waals surface area contributed by atoms with Crippen LogP contribution in [-0.2, 0) is 0 Å². The van der Waals surface area contributed by atoms with Crippen molar-refractivity contribution in [1.82, 2.24) is 0 Å². The van der Waals surface area contributed by atoms with Crippen LogP contribution in [0.25, 0.3) is 0 Å². The van der Waals surface area contributed by atoms with Gasteiger partial charge in [0.25, 0.3) is 0 Å². The Morgan fingerprint density at radius 3 is 2.67 bits per heavy atom. The molecule has 2 nitrogen and oxygen atoms in total. The Morgan fingerprint density at radius 1 is 1.40 bits per heavy atom. The highest BCUT2D eigenvalue weighted by atomic mass is 14.9. The topological polar surface area (TPSA) is 38.0 Å². The monoisotopic (exact) mass is 204 g/mol. The molecule has 0 unspecified atom stereocenters. The van der Waals surface area contributed by atoms with E-state index >= 15 is 0 Å². The van der Waals surface area contributed by atoms with Crippen molar-refractivity contribution in [2.75, 3.05) is 17.6 Å². The summed E-state index contributed by atoms with van der Waals surface area (Å²) in [4.78, 5) is 0. The Balaban J connectivity index is 1.96. The lowest BCUT2D eigenvalue weighted by Gasteiger charge is -2.15. The van der Waals surface area contributed by atoms with Crippen LogP contribution in [0.5, 0.6) is 0 Å². The number of benzene rings is 1. The minimum absolute atomic E-state index is 0.583. The molecule has 1 fully saturated rings. The molecule has 1 aliphatic carbocycles. The molecule has 0 radical (unpaired) electrons. The van der Waals surface area contributed by atoms with E-state index in [0.717, 1.165) is 23.5 Å². The number of hydrogen-bond acceptors (Lipinski definition) is 2. The number of nitrogen functional groups attached to an aromatic ring is 1. The van der Waals surface area contributed by atoms with Crippen LogP contribution in [0.15, 0.2) is 18.2 Å². The molecule has 1 aromatic rings. The van der Waals surface area contributed by atoms with Crippen molar-refractivity contribution in [1.29, 1.82) is 0 Å². The summed E-state index contributed by atoms with van der Waals surface area (Å²) in [6.45, 7) is 5.40. The van der Waals surface area contributed by atoms with Gasteiger partial charge in [0, 0.05) is 17.9 Å². The van der Waals surface area contributed by atoms with Crippen molar-refractivity contribution < 1.29 is 0 Å². The van der Waals surface area contributed by atoms with Gasteiger partial charge in [0.1, 0.15) is 0 Å². The molecule has 0 aromatic heterocycles. The lowest BCUT2D eigenvalue weighted by molar-refractivity contribution is 0.521. The second-order valence-electron chi connectivity index (χ2n) is 4.78. The molecule has 0 atom stereocenters. The van der Waals surface area contributed by atoms with Gasteiger partial charge in [-0.25, -0.2) is 0 Å². The molecule has 0 saturated heterocycles. The second kappa shape index (κ2) is 3.76. The van der Waals surface area contributed by atoms with E-state index in [9.17, 15) is 0 Å². The third-order valence-corrected chi connectivity index (χ3v) is 3.65. The zero-order valence-electron chi connectivity index (χ0n) is 9.64. The van der Waals surface area contributed by atoms with Crippen molar-refractivity contribution in [2.24, 2.45) is 5.41 Å². The Bertz CT molecular complexity index is 354. The van der Waals surface area contributed by atoms with Crippen molar-refractivity contribution in [3.63, 3.8) is 0 Å². The molecule has 1 aliphatic rings. The Hall–Kier alpha value is -1.18. The zero-order valence-corrected chi connectivity index (χ0v) is 9.64. The maximum absolute atomic E-state index is 5.87. The van der Waals surface area contributed by atoms with Gasteiger partial charge in [0.15, 0.2) is 0 Å². The van der Waals surface area contributed by atoms with E-state index in [-0.39, 0.29) is 0 Å². The van der Waals surface area contributed by atoms with Gasteiger partial charge >= 0.3 is 0 Å². The number of hydrogen-bond donors (Lipinski definition) is 2. The molecule has 2 rings (SSSR count). The van der Waals surface area contributed by atoms with Crippen LogP contribution in [0.2, 0.25) is 0 Å². The molecule has 0 aliphatic heterocycles. The van der Waals surface area contributed by atoms with Crippen LogP contribution < -0.4 is 11.1 Å². The predicted octanol–water partition coefficient (Wildman–Crippen LogP) is 3.18. The van der Waals surface area contributed by atoms with E-state index in [1.165, 1.54) is 19.3 Å². The van der Waals surface area contributed by atoms with Crippen molar-refractivity contribution >= 4 is 11.4 Å². The minimum atomic E-state index is 0.583. The highest BCUT2D eigenvalue weighted by Gasteiger charge is 2.40. The van der Waals surface area contributed by atoms with E-state index in [4.69, 9.17) is 5.73 Å². The number of nitrogens with one attached hydrogen (secondary N) is 1. The largest absolute Gasteiger partial charge is 0.398 e. The van der Waals surface area contributed by atoms with Gasteiger partial charge in [0.2, 0.25) is 0 Å². The smallest absolute Gasteiger partial charge is 0.0364 e. The molecular formula is C13H20N2. The van der Waals surface area contributed by atoms with Gasteiger partial charge in [-0.15, -0.1) is 0 Å². The van der Waals surface area contributed by atoms with Crippen LogP contribution in [0, 0.1) is 12.3 Å². The molecule has 0 spiro atoms. The Kier molecular flexibility index (Phi) is 2.59. The van der Waals surface area contributed by atoms with Crippen molar-refractivity contribution in [2.45, 2.75) is 33.1 Å². The molecule has 82 valence electrons. The SMILES string of the molecule is CCC1(CNc2ccc(C)c(N)c2)CC1. The van der Waals surface area contributed by atoms with E-state index < -0.39 is 0 Å². The van der Waals surface area contributed by atoms with Crippen LogP contribution in [0.3, 0.4) is 0 Å². The number of aryl methyl sites for hydroxylation is 1.